The number of rotatable bonds is 5. The van der Waals surface area contributed by atoms with E-state index < -0.39 is 10.0 Å². The number of amides is 1. The van der Waals surface area contributed by atoms with Gasteiger partial charge in [0, 0.05) is 18.2 Å². The molecule has 1 aliphatic rings. The third-order valence-electron chi connectivity index (χ3n) is 4.30. The van der Waals surface area contributed by atoms with Crippen LogP contribution in [0.2, 0.25) is 0 Å². The Kier molecular flexibility index (Phi) is 5.58. The van der Waals surface area contributed by atoms with E-state index in [9.17, 15) is 13.2 Å². The lowest BCUT2D eigenvalue weighted by Crippen LogP contribution is -2.41. The van der Waals surface area contributed by atoms with Crippen LogP contribution in [0.25, 0.3) is 0 Å². The van der Waals surface area contributed by atoms with Gasteiger partial charge >= 0.3 is 0 Å². The third kappa shape index (κ3) is 3.67. The SMILES string of the molecule is CCN(C(=O)c1ccc(S(=O)(=O)NC)cc1)C1CCCCC1. The van der Waals surface area contributed by atoms with Crippen LogP contribution in [0.3, 0.4) is 0 Å². The molecule has 6 heteroatoms. The van der Waals surface area contributed by atoms with Crippen LogP contribution in [-0.2, 0) is 10.0 Å². The number of hydrogen-bond acceptors (Lipinski definition) is 3. The van der Waals surface area contributed by atoms with Gasteiger partial charge in [-0.15, -0.1) is 0 Å². The van der Waals surface area contributed by atoms with Crippen molar-refractivity contribution in [3.05, 3.63) is 29.8 Å². The van der Waals surface area contributed by atoms with Gasteiger partial charge < -0.3 is 4.90 Å². The van der Waals surface area contributed by atoms with Crippen LogP contribution in [0, 0.1) is 0 Å². The molecule has 1 aromatic rings. The van der Waals surface area contributed by atoms with E-state index in [-0.39, 0.29) is 10.8 Å². The molecule has 122 valence electrons. The molecule has 0 saturated heterocycles. The van der Waals surface area contributed by atoms with E-state index in [1.54, 1.807) is 12.1 Å². The summed E-state index contributed by atoms with van der Waals surface area (Å²) < 4.78 is 25.7. The molecule has 1 saturated carbocycles. The van der Waals surface area contributed by atoms with Crippen LogP contribution in [-0.4, -0.2) is 38.9 Å². The highest BCUT2D eigenvalue weighted by Crippen LogP contribution is 2.24. The molecule has 2 rings (SSSR count). The molecule has 1 aromatic carbocycles. The number of nitrogens with one attached hydrogen (secondary N) is 1. The molecule has 0 bridgehead atoms. The van der Waals surface area contributed by atoms with Crippen LogP contribution < -0.4 is 4.72 Å². The van der Waals surface area contributed by atoms with Gasteiger partial charge in [0.25, 0.3) is 5.91 Å². The van der Waals surface area contributed by atoms with Crippen LogP contribution in [0.15, 0.2) is 29.2 Å². The lowest BCUT2D eigenvalue weighted by molar-refractivity contribution is 0.0648. The van der Waals surface area contributed by atoms with Crippen molar-refractivity contribution in [1.29, 1.82) is 0 Å². The van der Waals surface area contributed by atoms with E-state index in [0.29, 0.717) is 18.2 Å². The molecule has 0 aliphatic heterocycles. The fourth-order valence-electron chi connectivity index (χ4n) is 3.02. The van der Waals surface area contributed by atoms with E-state index in [1.165, 1.54) is 38.4 Å². The molecular weight excluding hydrogens is 300 g/mol. The van der Waals surface area contributed by atoms with Crippen molar-refractivity contribution in [3.63, 3.8) is 0 Å². The van der Waals surface area contributed by atoms with E-state index in [4.69, 9.17) is 0 Å². The van der Waals surface area contributed by atoms with Gasteiger partial charge in [-0.05, 0) is 51.1 Å². The van der Waals surface area contributed by atoms with Gasteiger partial charge in [-0.1, -0.05) is 19.3 Å². The van der Waals surface area contributed by atoms with Crippen molar-refractivity contribution < 1.29 is 13.2 Å². The van der Waals surface area contributed by atoms with E-state index >= 15 is 0 Å². The first kappa shape index (κ1) is 17.0. The monoisotopic (exact) mass is 324 g/mol. The Bertz CT molecular complexity index is 605. The molecule has 1 N–H and O–H groups in total. The molecule has 0 radical (unpaired) electrons. The molecule has 0 unspecified atom stereocenters. The Morgan fingerprint density at radius 2 is 1.77 bits per heavy atom. The molecular formula is C16H24N2O3S. The minimum absolute atomic E-state index is 0.0113. The van der Waals surface area contributed by atoms with Crippen LogP contribution >= 0.6 is 0 Å². The average molecular weight is 324 g/mol. The van der Waals surface area contributed by atoms with Crippen LogP contribution in [0.5, 0.6) is 0 Å². The maximum atomic E-state index is 12.7. The fraction of sp³-hybridized carbons (Fsp3) is 0.562. The van der Waals surface area contributed by atoms with Gasteiger partial charge in [0.1, 0.15) is 0 Å². The summed E-state index contributed by atoms with van der Waals surface area (Å²) in [4.78, 5) is 14.8. The second kappa shape index (κ2) is 7.24. The van der Waals surface area contributed by atoms with Gasteiger partial charge in [0.15, 0.2) is 0 Å². The summed E-state index contributed by atoms with van der Waals surface area (Å²) in [6.07, 6.45) is 5.72. The second-order valence-electron chi connectivity index (χ2n) is 5.61. The molecule has 1 fully saturated rings. The molecule has 22 heavy (non-hydrogen) atoms. The predicted molar refractivity (Wildman–Crippen MR) is 86.3 cm³/mol. The van der Waals surface area contributed by atoms with Crippen molar-refractivity contribution >= 4 is 15.9 Å². The molecule has 0 spiro atoms. The summed E-state index contributed by atoms with van der Waals surface area (Å²) in [7, 11) is -2.09. The molecule has 0 aromatic heterocycles. The summed E-state index contributed by atoms with van der Waals surface area (Å²) in [6, 6.07) is 6.46. The number of hydrogen-bond donors (Lipinski definition) is 1. The quantitative estimate of drug-likeness (QED) is 0.904. The minimum atomic E-state index is -3.46. The first-order valence-electron chi connectivity index (χ1n) is 7.84. The minimum Gasteiger partial charge on any atom is -0.336 e. The van der Waals surface area contributed by atoms with Crippen LogP contribution in [0.4, 0.5) is 0 Å². The zero-order valence-corrected chi connectivity index (χ0v) is 14.0. The molecule has 1 amide bonds. The largest absolute Gasteiger partial charge is 0.336 e. The fourth-order valence-corrected chi connectivity index (χ4v) is 3.75. The number of carbonyl (C=O) groups excluding carboxylic acids is 1. The molecule has 1 aliphatic carbocycles. The predicted octanol–water partition coefficient (Wildman–Crippen LogP) is 2.39. The lowest BCUT2D eigenvalue weighted by Gasteiger charge is -2.33. The topological polar surface area (TPSA) is 66.5 Å². The Labute approximate surface area is 132 Å². The highest BCUT2D eigenvalue weighted by Gasteiger charge is 2.25. The number of nitrogens with zero attached hydrogens (tertiary/aromatic N) is 1. The maximum Gasteiger partial charge on any atom is 0.254 e. The zero-order valence-electron chi connectivity index (χ0n) is 13.2. The van der Waals surface area contributed by atoms with Crippen molar-refractivity contribution in [1.82, 2.24) is 9.62 Å². The van der Waals surface area contributed by atoms with E-state index in [0.717, 1.165) is 12.8 Å². The van der Waals surface area contributed by atoms with Gasteiger partial charge in [-0.25, -0.2) is 13.1 Å². The van der Waals surface area contributed by atoms with Gasteiger partial charge in [-0.2, -0.15) is 0 Å². The normalized spacial score (nSPS) is 16.5. The third-order valence-corrected chi connectivity index (χ3v) is 5.73. The summed E-state index contributed by atoms with van der Waals surface area (Å²) in [5, 5.41) is 0. The van der Waals surface area contributed by atoms with Crippen molar-refractivity contribution in [2.24, 2.45) is 0 Å². The zero-order chi connectivity index (χ0) is 16.2. The first-order valence-corrected chi connectivity index (χ1v) is 9.32. The van der Waals surface area contributed by atoms with Crippen molar-refractivity contribution in [3.8, 4) is 0 Å². The Balaban J connectivity index is 2.17. The Morgan fingerprint density at radius 1 is 1.18 bits per heavy atom. The summed E-state index contributed by atoms with van der Waals surface area (Å²) in [5.74, 6) is -0.0113. The lowest BCUT2D eigenvalue weighted by atomic mass is 9.93. The van der Waals surface area contributed by atoms with E-state index in [1.807, 2.05) is 11.8 Å². The van der Waals surface area contributed by atoms with E-state index in [2.05, 4.69) is 4.72 Å². The van der Waals surface area contributed by atoms with Gasteiger partial charge in [0.05, 0.1) is 4.90 Å². The molecule has 0 atom stereocenters. The van der Waals surface area contributed by atoms with Gasteiger partial charge in [0.2, 0.25) is 10.0 Å². The average Bonchev–Trinajstić information content (AvgIpc) is 2.56. The standard InChI is InChI=1S/C16H24N2O3S/c1-3-18(14-7-5-4-6-8-14)16(19)13-9-11-15(12-10-13)22(20,21)17-2/h9-12,14,17H,3-8H2,1-2H3. The number of carbonyl (C=O) groups is 1. The number of sulfonamides is 1. The van der Waals surface area contributed by atoms with Crippen LogP contribution in [0.1, 0.15) is 49.4 Å². The Morgan fingerprint density at radius 3 is 2.27 bits per heavy atom. The molecule has 5 nitrogen and oxygen atoms in total. The van der Waals surface area contributed by atoms with Gasteiger partial charge in [-0.3, -0.25) is 4.79 Å². The Hall–Kier alpha value is -1.40. The first-order chi connectivity index (χ1) is 10.5. The van der Waals surface area contributed by atoms with Crippen molar-refractivity contribution in [2.45, 2.75) is 50.0 Å². The highest BCUT2D eigenvalue weighted by molar-refractivity contribution is 7.89. The highest BCUT2D eigenvalue weighted by atomic mass is 32.2. The van der Waals surface area contributed by atoms with Crippen molar-refractivity contribution in [2.75, 3.05) is 13.6 Å². The summed E-state index contributed by atoms with van der Waals surface area (Å²) in [6.45, 7) is 2.67. The summed E-state index contributed by atoms with van der Waals surface area (Å²) >= 11 is 0. The smallest absolute Gasteiger partial charge is 0.254 e. The second-order valence-corrected chi connectivity index (χ2v) is 7.50. The maximum absolute atomic E-state index is 12.7. The molecule has 0 heterocycles. The summed E-state index contributed by atoms with van der Waals surface area (Å²) in [5.41, 5.74) is 0.544. The number of benzene rings is 1.